The van der Waals surface area contributed by atoms with E-state index in [1.807, 2.05) is 0 Å². The molecule has 6 aliphatic rings. The SMILES string of the molecule is C1=CC2CC3CCC4CC5CCC6CCCCC6C5CC4C3CC2S1. The van der Waals surface area contributed by atoms with Crippen molar-refractivity contribution in [2.45, 2.75) is 82.3 Å². The second-order valence-corrected chi connectivity index (χ2v) is 11.9. The predicted molar refractivity (Wildman–Crippen MR) is 107 cm³/mol. The lowest BCUT2D eigenvalue weighted by molar-refractivity contribution is -0.0656. The van der Waals surface area contributed by atoms with E-state index in [1.165, 1.54) is 0 Å². The fourth-order valence-electron chi connectivity index (χ4n) is 8.94. The molecule has 0 saturated heterocycles. The Balaban J connectivity index is 1.24. The van der Waals surface area contributed by atoms with E-state index in [1.54, 1.807) is 77.0 Å². The van der Waals surface area contributed by atoms with E-state index in [-0.39, 0.29) is 0 Å². The first-order valence-electron chi connectivity index (χ1n) is 11.7. The van der Waals surface area contributed by atoms with Gasteiger partial charge in [0.2, 0.25) is 0 Å². The van der Waals surface area contributed by atoms with Crippen molar-refractivity contribution in [2.75, 3.05) is 0 Å². The van der Waals surface area contributed by atoms with Crippen molar-refractivity contribution in [2.24, 2.45) is 53.3 Å². The third-order valence-corrected chi connectivity index (χ3v) is 11.2. The molecule has 0 aromatic carbocycles. The summed E-state index contributed by atoms with van der Waals surface area (Å²) in [7, 11) is 0. The summed E-state index contributed by atoms with van der Waals surface area (Å²) >= 11 is 2.18. The van der Waals surface area contributed by atoms with Crippen LogP contribution in [0.15, 0.2) is 11.5 Å². The summed E-state index contributed by atoms with van der Waals surface area (Å²) in [5.41, 5.74) is 0. The monoisotopic (exact) mass is 356 g/mol. The Labute approximate surface area is 159 Å². The van der Waals surface area contributed by atoms with Crippen LogP contribution in [0.5, 0.6) is 0 Å². The maximum absolute atomic E-state index is 2.56. The summed E-state index contributed by atoms with van der Waals surface area (Å²) in [4.78, 5) is 0. The number of hydrogen-bond acceptors (Lipinski definition) is 1. The molecule has 1 aliphatic heterocycles. The average molecular weight is 357 g/mol. The van der Waals surface area contributed by atoms with Crippen molar-refractivity contribution in [1.29, 1.82) is 0 Å². The normalized spacial score (nSPS) is 57.0. The van der Waals surface area contributed by atoms with Gasteiger partial charge >= 0.3 is 0 Å². The van der Waals surface area contributed by atoms with Crippen molar-refractivity contribution in [3.63, 3.8) is 0 Å². The van der Waals surface area contributed by atoms with Crippen molar-refractivity contribution in [1.82, 2.24) is 0 Å². The van der Waals surface area contributed by atoms with Crippen LogP contribution in [-0.4, -0.2) is 5.25 Å². The van der Waals surface area contributed by atoms with E-state index in [0.29, 0.717) is 0 Å². The van der Waals surface area contributed by atoms with Gasteiger partial charge in [-0.05, 0) is 116 Å². The van der Waals surface area contributed by atoms with Crippen LogP contribution in [0.2, 0.25) is 0 Å². The second kappa shape index (κ2) is 6.32. The fourth-order valence-corrected chi connectivity index (χ4v) is 10.2. The molecule has 1 heterocycles. The maximum atomic E-state index is 2.56. The Bertz CT molecular complexity index is 538. The van der Waals surface area contributed by atoms with E-state index in [4.69, 9.17) is 0 Å². The van der Waals surface area contributed by atoms with E-state index in [9.17, 15) is 0 Å². The van der Waals surface area contributed by atoms with E-state index in [0.717, 1.165) is 58.5 Å². The highest BCUT2D eigenvalue weighted by atomic mass is 32.2. The molecule has 0 nitrogen and oxygen atoms in total. The molecule has 5 aliphatic carbocycles. The van der Waals surface area contributed by atoms with Crippen LogP contribution in [0.4, 0.5) is 0 Å². The summed E-state index contributed by atoms with van der Waals surface area (Å²) in [6.07, 6.45) is 21.6. The molecule has 0 aromatic rings. The minimum Gasteiger partial charge on any atom is -0.130 e. The van der Waals surface area contributed by atoms with Gasteiger partial charge < -0.3 is 0 Å². The highest BCUT2D eigenvalue weighted by molar-refractivity contribution is 8.03. The minimum atomic E-state index is 0.941. The molecule has 0 aromatic heterocycles. The number of hydrogen-bond donors (Lipinski definition) is 0. The van der Waals surface area contributed by atoms with Gasteiger partial charge in [-0.2, -0.15) is 0 Å². The van der Waals surface area contributed by atoms with Crippen molar-refractivity contribution >= 4 is 11.8 Å². The number of fused-ring (bicyclic) bond motifs is 7. The van der Waals surface area contributed by atoms with Crippen LogP contribution in [0.3, 0.4) is 0 Å². The van der Waals surface area contributed by atoms with Crippen molar-refractivity contribution in [3.05, 3.63) is 11.5 Å². The quantitative estimate of drug-likeness (QED) is 0.454. The van der Waals surface area contributed by atoms with Gasteiger partial charge in [0.1, 0.15) is 0 Å². The lowest BCUT2D eigenvalue weighted by atomic mass is 9.49. The van der Waals surface area contributed by atoms with Crippen molar-refractivity contribution in [3.8, 4) is 0 Å². The fraction of sp³-hybridized carbons (Fsp3) is 0.917. The van der Waals surface area contributed by atoms with Gasteiger partial charge in [0.15, 0.2) is 0 Å². The Morgan fingerprint density at radius 1 is 0.560 bits per heavy atom. The zero-order chi connectivity index (χ0) is 16.4. The van der Waals surface area contributed by atoms with Crippen molar-refractivity contribution < 1.29 is 0 Å². The first-order chi connectivity index (χ1) is 12.4. The average Bonchev–Trinajstić information content (AvgIpc) is 3.12. The van der Waals surface area contributed by atoms with Crippen LogP contribution >= 0.6 is 11.8 Å². The standard InChI is InChI=1S/C24H36S/c1-2-4-20-15(3-1)5-6-16-11-17-7-8-18-12-19-9-10-25-24(19)14-23(18)22(17)13-21(16)20/h9-10,15-24H,1-8,11-14H2. The lowest BCUT2D eigenvalue weighted by Gasteiger charge is -2.57. The van der Waals surface area contributed by atoms with Crippen LogP contribution < -0.4 is 0 Å². The highest BCUT2D eigenvalue weighted by Gasteiger charge is 2.52. The molecule has 0 N–H and O–H groups in total. The van der Waals surface area contributed by atoms with Gasteiger partial charge in [0, 0.05) is 5.25 Å². The lowest BCUT2D eigenvalue weighted by Crippen LogP contribution is -2.49. The maximum Gasteiger partial charge on any atom is 0.0154 e. The van der Waals surface area contributed by atoms with Crippen LogP contribution in [0.25, 0.3) is 0 Å². The predicted octanol–water partition coefficient (Wildman–Crippen LogP) is 6.91. The first kappa shape index (κ1) is 16.1. The zero-order valence-electron chi connectivity index (χ0n) is 15.8. The molecule has 25 heavy (non-hydrogen) atoms. The van der Waals surface area contributed by atoms with Crippen LogP contribution in [0.1, 0.15) is 77.0 Å². The molecule has 10 unspecified atom stereocenters. The third-order valence-electron chi connectivity index (χ3n) is 9.99. The van der Waals surface area contributed by atoms with Gasteiger partial charge in [-0.1, -0.05) is 25.3 Å². The van der Waals surface area contributed by atoms with E-state index >= 15 is 0 Å². The Kier molecular flexibility index (Phi) is 4.06. The van der Waals surface area contributed by atoms with Gasteiger partial charge in [-0.15, -0.1) is 11.8 Å². The first-order valence-corrected chi connectivity index (χ1v) is 12.6. The molecule has 6 rings (SSSR count). The molecule has 1 heteroatoms. The van der Waals surface area contributed by atoms with E-state index < -0.39 is 0 Å². The molecule has 0 spiro atoms. The Hall–Kier alpha value is 0.0900. The minimum absolute atomic E-state index is 0.941. The number of thioether (sulfide) groups is 1. The Morgan fingerprint density at radius 2 is 1.24 bits per heavy atom. The van der Waals surface area contributed by atoms with Gasteiger partial charge in [0.25, 0.3) is 0 Å². The highest BCUT2D eigenvalue weighted by Crippen LogP contribution is 2.61. The van der Waals surface area contributed by atoms with Gasteiger partial charge in [0.05, 0.1) is 0 Å². The third kappa shape index (κ3) is 2.61. The van der Waals surface area contributed by atoms with Crippen LogP contribution in [0, 0.1) is 53.3 Å². The molecule has 0 bridgehead atoms. The summed E-state index contributed by atoms with van der Waals surface area (Å²) < 4.78 is 0. The molecule has 0 amide bonds. The Morgan fingerprint density at radius 3 is 2.12 bits per heavy atom. The molecule has 5 saturated carbocycles. The second-order valence-electron chi connectivity index (χ2n) is 10.7. The van der Waals surface area contributed by atoms with Gasteiger partial charge in [-0.3, -0.25) is 0 Å². The molecular formula is C24H36S. The molecule has 5 fully saturated rings. The summed E-state index contributed by atoms with van der Waals surface area (Å²) in [5.74, 6) is 9.95. The molecule has 10 atom stereocenters. The zero-order valence-corrected chi connectivity index (χ0v) is 16.6. The molecular weight excluding hydrogens is 320 g/mol. The summed E-state index contributed by atoms with van der Waals surface area (Å²) in [6.45, 7) is 0. The molecule has 138 valence electrons. The number of allylic oxidation sites excluding steroid dienone is 1. The summed E-state index contributed by atoms with van der Waals surface area (Å²) in [5, 5.41) is 3.40. The van der Waals surface area contributed by atoms with E-state index in [2.05, 4.69) is 23.2 Å². The van der Waals surface area contributed by atoms with Crippen LogP contribution in [-0.2, 0) is 0 Å². The number of rotatable bonds is 0. The smallest absolute Gasteiger partial charge is 0.0154 e. The summed E-state index contributed by atoms with van der Waals surface area (Å²) in [6, 6.07) is 0. The topological polar surface area (TPSA) is 0 Å². The largest absolute Gasteiger partial charge is 0.130 e. The van der Waals surface area contributed by atoms with Gasteiger partial charge in [-0.25, -0.2) is 0 Å². The molecule has 0 radical (unpaired) electrons.